The van der Waals surface area contributed by atoms with Crippen molar-refractivity contribution in [2.24, 2.45) is 5.73 Å². The number of hydrogen-bond acceptors (Lipinski definition) is 5. The lowest BCUT2D eigenvalue weighted by Gasteiger charge is -2.21. The Balaban J connectivity index is 2.36. The number of benzene rings is 1. The van der Waals surface area contributed by atoms with Crippen molar-refractivity contribution in [3.05, 3.63) is 30.1 Å². The Kier molecular flexibility index (Phi) is 4.09. The minimum Gasteiger partial charge on any atom is -0.378 e. The minimum atomic E-state index is -0.513. The van der Waals surface area contributed by atoms with E-state index >= 15 is 0 Å². The van der Waals surface area contributed by atoms with Crippen LogP contribution < -0.4 is 10.6 Å². The Labute approximate surface area is 119 Å². The van der Waals surface area contributed by atoms with Crippen molar-refractivity contribution in [1.29, 1.82) is 0 Å². The van der Waals surface area contributed by atoms with Gasteiger partial charge in [0.1, 0.15) is 0 Å². The summed E-state index contributed by atoms with van der Waals surface area (Å²) in [4.78, 5) is 6.51. The number of rotatable bonds is 5. The summed E-state index contributed by atoms with van der Waals surface area (Å²) >= 11 is 0. The molecule has 5 nitrogen and oxygen atoms in total. The largest absolute Gasteiger partial charge is 0.378 e. The Morgan fingerprint density at radius 3 is 2.55 bits per heavy atom. The third-order valence-electron chi connectivity index (χ3n) is 3.74. The van der Waals surface area contributed by atoms with E-state index in [9.17, 15) is 0 Å². The minimum absolute atomic E-state index is 0.513. The van der Waals surface area contributed by atoms with Crippen LogP contribution in [0.1, 0.15) is 32.5 Å². The zero-order chi connectivity index (χ0) is 14.8. The van der Waals surface area contributed by atoms with Gasteiger partial charge < -0.3 is 15.2 Å². The van der Waals surface area contributed by atoms with E-state index in [0.29, 0.717) is 11.7 Å². The lowest BCUT2D eigenvalue weighted by molar-refractivity contribution is 0.350. The molecule has 5 heteroatoms. The molecule has 2 aromatic rings. The first-order valence-corrected chi connectivity index (χ1v) is 6.91. The molecular formula is C15H22N4O. The van der Waals surface area contributed by atoms with Crippen molar-refractivity contribution < 1.29 is 4.52 Å². The highest BCUT2D eigenvalue weighted by Gasteiger charge is 2.29. The summed E-state index contributed by atoms with van der Waals surface area (Å²) in [5.74, 6) is 1.09. The second-order valence-corrected chi connectivity index (χ2v) is 5.23. The molecular weight excluding hydrogens is 252 g/mol. The van der Waals surface area contributed by atoms with Crippen LogP contribution in [0.2, 0.25) is 0 Å². The average Bonchev–Trinajstić information content (AvgIpc) is 2.97. The zero-order valence-electron chi connectivity index (χ0n) is 12.6. The van der Waals surface area contributed by atoms with Gasteiger partial charge >= 0.3 is 0 Å². The van der Waals surface area contributed by atoms with Crippen LogP contribution in [0.3, 0.4) is 0 Å². The van der Waals surface area contributed by atoms with Gasteiger partial charge in [-0.1, -0.05) is 25.1 Å². The SMILES string of the molecule is CCC(N)(CC)c1noc(-c2cccc(N(C)C)c2)n1. The second kappa shape index (κ2) is 5.63. The smallest absolute Gasteiger partial charge is 0.258 e. The first kappa shape index (κ1) is 14.5. The van der Waals surface area contributed by atoms with Gasteiger partial charge in [0.05, 0.1) is 5.54 Å². The number of aromatic nitrogens is 2. The highest BCUT2D eigenvalue weighted by atomic mass is 16.5. The molecule has 0 aliphatic carbocycles. The van der Waals surface area contributed by atoms with E-state index in [1.807, 2.05) is 57.1 Å². The summed E-state index contributed by atoms with van der Waals surface area (Å²) in [6, 6.07) is 7.99. The third-order valence-corrected chi connectivity index (χ3v) is 3.74. The van der Waals surface area contributed by atoms with Crippen LogP contribution in [0.4, 0.5) is 5.69 Å². The van der Waals surface area contributed by atoms with Gasteiger partial charge in [0.2, 0.25) is 0 Å². The summed E-state index contributed by atoms with van der Waals surface area (Å²) in [7, 11) is 3.99. The molecule has 1 heterocycles. The maximum atomic E-state index is 6.29. The second-order valence-electron chi connectivity index (χ2n) is 5.23. The Hall–Kier alpha value is -1.88. The van der Waals surface area contributed by atoms with Gasteiger partial charge in [-0.25, -0.2) is 0 Å². The zero-order valence-corrected chi connectivity index (χ0v) is 12.6. The van der Waals surface area contributed by atoms with Gasteiger partial charge in [-0.3, -0.25) is 0 Å². The number of nitrogens with two attached hydrogens (primary N) is 1. The van der Waals surface area contributed by atoms with E-state index in [2.05, 4.69) is 10.1 Å². The molecule has 0 atom stereocenters. The molecule has 0 saturated carbocycles. The predicted octanol–water partition coefficient (Wildman–Crippen LogP) is 2.78. The average molecular weight is 274 g/mol. The molecule has 0 unspecified atom stereocenters. The predicted molar refractivity (Wildman–Crippen MR) is 80.5 cm³/mol. The van der Waals surface area contributed by atoms with Gasteiger partial charge in [0.25, 0.3) is 5.89 Å². The summed E-state index contributed by atoms with van der Waals surface area (Å²) in [5.41, 5.74) is 7.78. The normalized spacial score (nSPS) is 11.7. The molecule has 2 N–H and O–H groups in total. The van der Waals surface area contributed by atoms with E-state index in [-0.39, 0.29) is 0 Å². The molecule has 0 aliphatic rings. The van der Waals surface area contributed by atoms with Gasteiger partial charge in [-0.05, 0) is 31.0 Å². The highest BCUT2D eigenvalue weighted by Crippen LogP contribution is 2.27. The molecule has 2 rings (SSSR count). The summed E-state index contributed by atoms with van der Waals surface area (Å²) in [6.07, 6.45) is 1.56. The molecule has 0 bridgehead atoms. The third kappa shape index (κ3) is 2.67. The Morgan fingerprint density at radius 1 is 1.25 bits per heavy atom. The monoisotopic (exact) mass is 274 g/mol. The van der Waals surface area contributed by atoms with Gasteiger partial charge in [-0.15, -0.1) is 0 Å². The number of hydrogen-bond donors (Lipinski definition) is 1. The van der Waals surface area contributed by atoms with Crippen LogP contribution in [0.25, 0.3) is 11.5 Å². The van der Waals surface area contributed by atoms with Crippen molar-refractivity contribution >= 4 is 5.69 Å². The first-order chi connectivity index (χ1) is 9.50. The lowest BCUT2D eigenvalue weighted by Crippen LogP contribution is -2.36. The van der Waals surface area contributed by atoms with Gasteiger partial charge in [-0.2, -0.15) is 4.98 Å². The Bertz CT molecular complexity index is 573. The summed E-state index contributed by atoms with van der Waals surface area (Å²) in [6.45, 7) is 4.07. The standard InChI is InChI=1S/C15H22N4O/c1-5-15(16,6-2)14-17-13(20-18-14)11-8-7-9-12(10-11)19(3)4/h7-10H,5-6,16H2,1-4H3. The number of nitrogens with zero attached hydrogens (tertiary/aromatic N) is 3. The molecule has 0 saturated heterocycles. The molecule has 0 amide bonds. The highest BCUT2D eigenvalue weighted by molar-refractivity contribution is 5.61. The van der Waals surface area contributed by atoms with E-state index < -0.39 is 5.54 Å². The molecule has 0 spiro atoms. The van der Waals surface area contributed by atoms with Crippen LogP contribution in [-0.2, 0) is 5.54 Å². The van der Waals surface area contributed by atoms with Crippen LogP contribution in [0.15, 0.2) is 28.8 Å². The van der Waals surface area contributed by atoms with Crippen molar-refractivity contribution in [1.82, 2.24) is 10.1 Å². The topological polar surface area (TPSA) is 68.2 Å². The molecule has 0 fully saturated rings. The Morgan fingerprint density at radius 2 is 1.95 bits per heavy atom. The molecule has 1 aromatic heterocycles. The molecule has 108 valence electrons. The van der Waals surface area contributed by atoms with Crippen molar-refractivity contribution in [3.63, 3.8) is 0 Å². The molecule has 0 aliphatic heterocycles. The van der Waals surface area contributed by atoms with E-state index in [1.54, 1.807) is 0 Å². The molecule has 0 radical (unpaired) electrons. The molecule has 20 heavy (non-hydrogen) atoms. The summed E-state index contributed by atoms with van der Waals surface area (Å²) in [5, 5.41) is 4.06. The van der Waals surface area contributed by atoms with Crippen LogP contribution in [0.5, 0.6) is 0 Å². The van der Waals surface area contributed by atoms with Gasteiger partial charge in [0.15, 0.2) is 5.82 Å². The van der Waals surface area contributed by atoms with Crippen molar-refractivity contribution in [2.75, 3.05) is 19.0 Å². The van der Waals surface area contributed by atoms with Crippen LogP contribution in [-0.4, -0.2) is 24.2 Å². The summed E-state index contributed by atoms with van der Waals surface area (Å²) < 4.78 is 5.38. The first-order valence-electron chi connectivity index (χ1n) is 6.91. The van der Waals surface area contributed by atoms with Crippen molar-refractivity contribution in [3.8, 4) is 11.5 Å². The maximum absolute atomic E-state index is 6.29. The number of anilines is 1. The maximum Gasteiger partial charge on any atom is 0.258 e. The molecule has 1 aromatic carbocycles. The van der Waals surface area contributed by atoms with Crippen molar-refractivity contribution in [2.45, 2.75) is 32.2 Å². The van der Waals surface area contributed by atoms with Crippen LogP contribution >= 0.6 is 0 Å². The quantitative estimate of drug-likeness (QED) is 0.908. The lowest BCUT2D eigenvalue weighted by atomic mass is 9.93. The fraction of sp³-hybridized carbons (Fsp3) is 0.467. The van der Waals surface area contributed by atoms with Crippen LogP contribution in [0, 0.1) is 0 Å². The fourth-order valence-electron chi connectivity index (χ4n) is 2.03. The van der Waals surface area contributed by atoms with Gasteiger partial charge in [0, 0.05) is 25.3 Å². The van der Waals surface area contributed by atoms with E-state index in [4.69, 9.17) is 10.3 Å². The van der Waals surface area contributed by atoms with E-state index in [0.717, 1.165) is 24.1 Å². The fourth-order valence-corrected chi connectivity index (χ4v) is 2.03. The van der Waals surface area contributed by atoms with E-state index in [1.165, 1.54) is 0 Å².